The van der Waals surface area contributed by atoms with Crippen LogP contribution in [0.5, 0.6) is 0 Å². The van der Waals surface area contributed by atoms with Crippen LogP contribution >= 0.6 is 0 Å². The topological polar surface area (TPSA) is 135 Å². The van der Waals surface area contributed by atoms with Crippen molar-refractivity contribution in [2.24, 2.45) is 5.41 Å². The number of carbonyl (C=O) groups is 2. The molecule has 1 aromatic heterocycles. The van der Waals surface area contributed by atoms with E-state index in [1.807, 2.05) is 0 Å². The predicted molar refractivity (Wildman–Crippen MR) is 117 cm³/mol. The maximum atomic E-state index is 14.7. The Kier molecular flexibility index (Phi) is 8.01. The number of ether oxygens (including phenoxy) is 2. The number of nitrogens with one attached hydrogen (secondary N) is 2. The van der Waals surface area contributed by atoms with Crippen molar-refractivity contribution in [1.82, 2.24) is 20.4 Å². The molecule has 10 nitrogen and oxygen atoms in total. The summed E-state index contributed by atoms with van der Waals surface area (Å²) in [6.45, 7) is 6.11. The molecule has 0 bridgehead atoms. The van der Waals surface area contributed by atoms with E-state index in [-0.39, 0.29) is 30.4 Å². The standard InChI is InChI=1S/C22H31FN4O6/c1-22(2,3)19(21(31)24-9-13(29)11-28)25-20(30)17-15-5-4-6-16(23)18(15)27(26-17)10-14-12-32-7-8-33-14/h4-6,13-14,19,28-29H,7-12H2,1-3H3,(H,24,31)(H,25,30)/t13-,14?,19?/m1/s1. The van der Waals surface area contributed by atoms with Gasteiger partial charge in [-0.25, -0.2) is 4.39 Å². The van der Waals surface area contributed by atoms with Gasteiger partial charge < -0.3 is 30.3 Å². The summed E-state index contributed by atoms with van der Waals surface area (Å²) in [6.07, 6.45) is -1.44. The Labute approximate surface area is 191 Å². The molecular weight excluding hydrogens is 435 g/mol. The lowest BCUT2D eigenvalue weighted by Crippen LogP contribution is -2.54. The molecule has 2 aromatic rings. The van der Waals surface area contributed by atoms with Crippen LogP contribution in [0, 0.1) is 11.2 Å². The Morgan fingerprint density at radius 1 is 1.33 bits per heavy atom. The normalized spacial score (nSPS) is 18.7. The van der Waals surface area contributed by atoms with Gasteiger partial charge in [0.2, 0.25) is 5.91 Å². The molecule has 2 unspecified atom stereocenters. The van der Waals surface area contributed by atoms with E-state index in [2.05, 4.69) is 15.7 Å². The number of hydrogen-bond donors (Lipinski definition) is 4. The summed E-state index contributed by atoms with van der Waals surface area (Å²) in [5.41, 5.74) is -0.529. The number of hydrogen-bond acceptors (Lipinski definition) is 7. The van der Waals surface area contributed by atoms with Crippen molar-refractivity contribution in [2.75, 3.05) is 33.0 Å². The second-order valence-corrected chi connectivity index (χ2v) is 9.09. The van der Waals surface area contributed by atoms with Crippen molar-refractivity contribution in [3.05, 3.63) is 29.7 Å². The highest BCUT2D eigenvalue weighted by molar-refractivity contribution is 6.06. The van der Waals surface area contributed by atoms with Crippen molar-refractivity contribution >= 4 is 22.7 Å². The first kappa shape index (κ1) is 25.0. The van der Waals surface area contributed by atoms with Crippen LogP contribution in [0.3, 0.4) is 0 Å². The molecule has 11 heteroatoms. The molecule has 4 N–H and O–H groups in total. The minimum absolute atomic E-state index is 0.0151. The van der Waals surface area contributed by atoms with Gasteiger partial charge in [-0.05, 0) is 11.5 Å². The van der Waals surface area contributed by atoms with E-state index in [1.165, 1.54) is 16.8 Å². The van der Waals surface area contributed by atoms with Gasteiger partial charge in [0.1, 0.15) is 23.5 Å². The zero-order chi connectivity index (χ0) is 24.2. The van der Waals surface area contributed by atoms with Crippen LogP contribution in [-0.2, 0) is 20.8 Å². The monoisotopic (exact) mass is 466 g/mol. The summed E-state index contributed by atoms with van der Waals surface area (Å²) >= 11 is 0. The smallest absolute Gasteiger partial charge is 0.273 e. The second-order valence-electron chi connectivity index (χ2n) is 9.09. The highest BCUT2D eigenvalue weighted by Gasteiger charge is 2.34. The molecule has 1 aliphatic rings. The molecule has 1 aromatic carbocycles. The summed E-state index contributed by atoms with van der Waals surface area (Å²) in [5, 5.41) is 28.3. The third kappa shape index (κ3) is 6.05. The van der Waals surface area contributed by atoms with Gasteiger partial charge in [0, 0.05) is 11.9 Å². The van der Waals surface area contributed by atoms with Crippen molar-refractivity contribution in [2.45, 2.75) is 45.6 Å². The molecule has 1 fully saturated rings. The molecule has 1 saturated heterocycles. The fraction of sp³-hybridized carbons (Fsp3) is 0.591. The van der Waals surface area contributed by atoms with Crippen LogP contribution in [0.15, 0.2) is 18.2 Å². The van der Waals surface area contributed by atoms with Gasteiger partial charge in [-0.1, -0.05) is 32.9 Å². The van der Waals surface area contributed by atoms with Crippen molar-refractivity contribution in [3.8, 4) is 0 Å². The SMILES string of the molecule is CC(C)(C)C(NC(=O)c1nn(CC2COCCO2)c2c(F)cccc12)C(=O)NC[C@@H](O)CO. The average Bonchev–Trinajstić information content (AvgIpc) is 3.15. The first-order valence-corrected chi connectivity index (χ1v) is 10.8. The fourth-order valence-corrected chi connectivity index (χ4v) is 3.59. The van der Waals surface area contributed by atoms with Crippen LogP contribution in [0.25, 0.3) is 10.9 Å². The number of nitrogens with zero attached hydrogens (tertiary/aromatic N) is 2. The number of carbonyl (C=O) groups excluding carboxylic acids is 2. The van der Waals surface area contributed by atoms with Crippen LogP contribution in [0.1, 0.15) is 31.3 Å². The number of rotatable bonds is 8. The summed E-state index contributed by atoms with van der Waals surface area (Å²) in [6, 6.07) is 3.40. The van der Waals surface area contributed by atoms with Crippen molar-refractivity contribution in [3.63, 3.8) is 0 Å². The van der Waals surface area contributed by atoms with Crippen molar-refractivity contribution in [1.29, 1.82) is 0 Å². The summed E-state index contributed by atoms with van der Waals surface area (Å²) in [7, 11) is 0. The molecule has 1 aliphatic heterocycles. The van der Waals surface area contributed by atoms with E-state index in [1.54, 1.807) is 26.8 Å². The van der Waals surface area contributed by atoms with E-state index in [4.69, 9.17) is 14.6 Å². The Balaban J connectivity index is 1.87. The third-order valence-electron chi connectivity index (χ3n) is 5.32. The van der Waals surface area contributed by atoms with Crippen LogP contribution < -0.4 is 10.6 Å². The summed E-state index contributed by atoms with van der Waals surface area (Å²) < 4.78 is 27.1. The summed E-state index contributed by atoms with van der Waals surface area (Å²) in [5.74, 6) is -1.69. The first-order valence-electron chi connectivity index (χ1n) is 10.8. The van der Waals surface area contributed by atoms with Crippen LogP contribution in [0.4, 0.5) is 4.39 Å². The Bertz CT molecular complexity index is 983. The van der Waals surface area contributed by atoms with Crippen molar-refractivity contribution < 1.29 is 33.7 Å². The number of para-hydroxylation sites is 1. The van der Waals surface area contributed by atoms with Gasteiger partial charge in [-0.2, -0.15) is 5.10 Å². The van der Waals surface area contributed by atoms with Crippen LogP contribution in [0.2, 0.25) is 0 Å². The lowest BCUT2D eigenvalue weighted by molar-refractivity contribution is -0.125. The molecule has 182 valence electrons. The molecule has 0 aliphatic carbocycles. The molecule has 3 rings (SSSR count). The number of fused-ring (bicyclic) bond motifs is 1. The molecule has 2 amide bonds. The molecule has 0 saturated carbocycles. The number of halogens is 1. The number of benzene rings is 1. The molecule has 2 heterocycles. The Morgan fingerprint density at radius 3 is 2.73 bits per heavy atom. The molecule has 33 heavy (non-hydrogen) atoms. The molecule has 0 radical (unpaired) electrons. The lowest BCUT2D eigenvalue weighted by atomic mass is 9.86. The highest BCUT2D eigenvalue weighted by atomic mass is 19.1. The van der Waals surface area contributed by atoms with Gasteiger partial charge in [-0.3, -0.25) is 14.3 Å². The average molecular weight is 467 g/mol. The lowest BCUT2D eigenvalue weighted by Gasteiger charge is -2.30. The summed E-state index contributed by atoms with van der Waals surface area (Å²) in [4.78, 5) is 25.9. The number of amides is 2. The number of aliphatic hydroxyl groups is 2. The zero-order valence-corrected chi connectivity index (χ0v) is 19.0. The largest absolute Gasteiger partial charge is 0.394 e. The fourth-order valence-electron chi connectivity index (χ4n) is 3.59. The van der Waals surface area contributed by atoms with Crippen LogP contribution in [-0.4, -0.2) is 83.0 Å². The first-order chi connectivity index (χ1) is 15.6. The third-order valence-corrected chi connectivity index (χ3v) is 5.32. The minimum atomic E-state index is -1.11. The van der Waals surface area contributed by atoms with Gasteiger partial charge in [0.25, 0.3) is 5.91 Å². The molecule has 0 spiro atoms. The zero-order valence-electron chi connectivity index (χ0n) is 19.0. The highest BCUT2D eigenvalue weighted by Crippen LogP contribution is 2.24. The Morgan fingerprint density at radius 2 is 2.09 bits per heavy atom. The maximum Gasteiger partial charge on any atom is 0.273 e. The van der Waals surface area contributed by atoms with Gasteiger partial charge in [-0.15, -0.1) is 0 Å². The molecular formula is C22H31FN4O6. The maximum absolute atomic E-state index is 14.7. The van der Waals surface area contributed by atoms with E-state index in [9.17, 15) is 19.1 Å². The van der Waals surface area contributed by atoms with E-state index in [0.29, 0.717) is 25.2 Å². The number of aromatic nitrogens is 2. The van der Waals surface area contributed by atoms with Gasteiger partial charge in [0.15, 0.2) is 5.69 Å². The second kappa shape index (κ2) is 10.6. The minimum Gasteiger partial charge on any atom is -0.394 e. The quantitative estimate of drug-likeness (QED) is 0.437. The van der Waals surface area contributed by atoms with E-state index in [0.717, 1.165) is 0 Å². The van der Waals surface area contributed by atoms with Gasteiger partial charge in [0.05, 0.1) is 39.1 Å². The van der Waals surface area contributed by atoms with E-state index >= 15 is 0 Å². The Hall–Kier alpha value is -2.60. The number of aliphatic hydroxyl groups excluding tert-OH is 2. The van der Waals surface area contributed by atoms with E-state index < -0.39 is 41.8 Å². The molecule has 3 atom stereocenters. The predicted octanol–water partition coefficient (Wildman–Crippen LogP) is 0.205. The van der Waals surface area contributed by atoms with Gasteiger partial charge >= 0.3 is 0 Å².